The van der Waals surface area contributed by atoms with E-state index in [0.717, 1.165) is 5.92 Å². The molecule has 0 aromatic carbocycles. The minimum atomic E-state index is -0.595. The van der Waals surface area contributed by atoms with Gasteiger partial charge < -0.3 is 10.4 Å². The van der Waals surface area contributed by atoms with Crippen LogP contribution in [0.4, 0.5) is 0 Å². The van der Waals surface area contributed by atoms with E-state index < -0.39 is 5.60 Å². The van der Waals surface area contributed by atoms with Crippen molar-refractivity contribution in [2.24, 2.45) is 5.92 Å². The van der Waals surface area contributed by atoms with Crippen LogP contribution in [0.3, 0.4) is 0 Å². The zero-order chi connectivity index (χ0) is 8.65. The first-order valence-electron chi connectivity index (χ1n) is 4.39. The molecular weight excluding hydrogens is 138 g/mol. The summed E-state index contributed by atoms with van der Waals surface area (Å²) in [7, 11) is 0. The van der Waals surface area contributed by atoms with E-state index in [-0.39, 0.29) is 6.04 Å². The lowest BCUT2D eigenvalue weighted by atomic mass is 10.0. The Hall–Kier alpha value is -0.0800. The van der Waals surface area contributed by atoms with Gasteiger partial charge >= 0.3 is 0 Å². The van der Waals surface area contributed by atoms with E-state index in [9.17, 15) is 5.11 Å². The topological polar surface area (TPSA) is 32.3 Å². The van der Waals surface area contributed by atoms with Gasteiger partial charge in [-0.15, -0.1) is 0 Å². The third kappa shape index (κ3) is 2.46. The Kier molecular flexibility index (Phi) is 2.26. The van der Waals surface area contributed by atoms with Gasteiger partial charge in [0.2, 0.25) is 0 Å². The van der Waals surface area contributed by atoms with Gasteiger partial charge in [-0.05, 0) is 33.1 Å². The Morgan fingerprint density at radius 1 is 1.55 bits per heavy atom. The Balaban J connectivity index is 2.26. The van der Waals surface area contributed by atoms with E-state index in [0.29, 0.717) is 6.04 Å². The molecule has 11 heavy (non-hydrogen) atoms. The van der Waals surface area contributed by atoms with E-state index >= 15 is 0 Å². The van der Waals surface area contributed by atoms with E-state index in [2.05, 4.69) is 12.2 Å². The van der Waals surface area contributed by atoms with Crippen LogP contribution < -0.4 is 5.32 Å². The minimum absolute atomic E-state index is 0.192. The fraction of sp³-hybridized carbons (Fsp3) is 1.00. The quantitative estimate of drug-likeness (QED) is 0.644. The number of hydrogen-bond acceptors (Lipinski definition) is 2. The summed E-state index contributed by atoms with van der Waals surface area (Å²) in [6.07, 6.45) is 1.26. The van der Waals surface area contributed by atoms with E-state index in [4.69, 9.17) is 0 Å². The molecule has 0 saturated heterocycles. The first-order valence-corrected chi connectivity index (χ1v) is 4.39. The van der Waals surface area contributed by atoms with Gasteiger partial charge in [-0.2, -0.15) is 0 Å². The van der Waals surface area contributed by atoms with Crippen molar-refractivity contribution in [2.45, 2.75) is 51.8 Å². The Bertz CT molecular complexity index is 139. The molecule has 2 nitrogen and oxygen atoms in total. The van der Waals surface area contributed by atoms with Crippen molar-refractivity contribution in [3.8, 4) is 0 Å². The number of rotatable bonds is 3. The number of hydrogen-bond donors (Lipinski definition) is 2. The average Bonchev–Trinajstić information content (AvgIpc) is 2.44. The monoisotopic (exact) mass is 157 g/mol. The molecular formula is C9H19NO. The maximum atomic E-state index is 9.59. The molecule has 0 aliphatic heterocycles. The lowest BCUT2D eigenvalue weighted by molar-refractivity contribution is 0.0432. The van der Waals surface area contributed by atoms with Crippen molar-refractivity contribution in [1.29, 1.82) is 0 Å². The van der Waals surface area contributed by atoms with Crippen LogP contribution in [-0.2, 0) is 0 Å². The fourth-order valence-electron chi connectivity index (χ4n) is 1.08. The summed E-state index contributed by atoms with van der Waals surface area (Å²) >= 11 is 0. The largest absolute Gasteiger partial charge is 0.389 e. The molecule has 66 valence electrons. The maximum absolute atomic E-state index is 9.59. The Morgan fingerprint density at radius 3 is 2.27 bits per heavy atom. The van der Waals surface area contributed by atoms with Gasteiger partial charge in [0.15, 0.2) is 0 Å². The van der Waals surface area contributed by atoms with Crippen LogP contribution in [0.15, 0.2) is 0 Å². The molecule has 1 saturated carbocycles. The zero-order valence-corrected chi connectivity index (χ0v) is 7.89. The zero-order valence-electron chi connectivity index (χ0n) is 7.89. The molecule has 1 aliphatic rings. The summed E-state index contributed by atoms with van der Waals surface area (Å²) < 4.78 is 0. The van der Waals surface area contributed by atoms with Crippen molar-refractivity contribution in [3.63, 3.8) is 0 Å². The summed E-state index contributed by atoms with van der Waals surface area (Å²) in [5.41, 5.74) is -0.595. The molecule has 1 rings (SSSR count). The fourth-order valence-corrected chi connectivity index (χ4v) is 1.08. The molecule has 3 atom stereocenters. The first-order chi connectivity index (χ1) is 4.91. The molecule has 0 spiro atoms. The van der Waals surface area contributed by atoms with E-state index in [1.165, 1.54) is 6.42 Å². The van der Waals surface area contributed by atoms with Crippen LogP contribution in [0.25, 0.3) is 0 Å². The number of aliphatic hydroxyl groups is 1. The molecule has 1 fully saturated rings. The summed E-state index contributed by atoms with van der Waals surface area (Å²) in [5, 5.41) is 13.0. The highest BCUT2D eigenvalue weighted by atomic mass is 16.3. The lowest BCUT2D eigenvalue weighted by Crippen LogP contribution is -2.45. The third-order valence-electron chi connectivity index (χ3n) is 2.63. The second kappa shape index (κ2) is 2.76. The molecule has 0 amide bonds. The molecule has 2 heteroatoms. The first kappa shape index (κ1) is 9.01. The average molecular weight is 157 g/mol. The highest BCUT2D eigenvalue weighted by Gasteiger charge is 2.36. The van der Waals surface area contributed by atoms with Gasteiger partial charge in [-0.25, -0.2) is 0 Å². The van der Waals surface area contributed by atoms with Crippen LogP contribution in [0, 0.1) is 5.92 Å². The van der Waals surface area contributed by atoms with Crippen molar-refractivity contribution >= 4 is 0 Å². The summed E-state index contributed by atoms with van der Waals surface area (Å²) in [5.74, 6) is 0.805. The van der Waals surface area contributed by atoms with Crippen molar-refractivity contribution in [2.75, 3.05) is 0 Å². The smallest absolute Gasteiger partial charge is 0.0741 e. The van der Waals surface area contributed by atoms with Crippen LogP contribution in [0.1, 0.15) is 34.1 Å². The number of nitrogens with one attached hydrogen (secondary N) is 1. The minimum Gasteiger partial charge on any atom is -0.389 e. The van der Waals surface area contributed by atoms with Gasteiger partial charge in [-0.1, -0.05) is 6.92 Å². The van der Waals surface area contributed by atoms with Gasteiger partial charge in [0.05, 0.1) is 5.60 Å². The molecule has 0 aromatic heterocycles. The summed E-state index contributed by atoms with van der Waals surface area (Å²) in [6.45, 7) is 7.95. The summed E-state index contributed by atoms with van der Waals surface area (Å²) in [6, 6.07) is 0.842. The molecule has 0 radical (unpaired) electrons. The van der Waals surface area contributed by atoms with Crippen LogP contribution in [-0.4, -0.2) is 22.8 Å². The molecule has 1 aliphatic carbocycles. The van der Waals surface area contributed by atoms with Crippen molar-refractivity contribution in [1.82, 2.24) is 5.32 Å². The van der Waals surface area contributed by atoms with Crippen molar-refractivity contribution in [3.05, 3.63) is 0 Å². The Morgan fingerprint density at radius 2 is 2.00 bits per heavy atom. The van der Waals surface area contributed by atoms with Gasteiger partial charge in [-0.3, -0.25) is 0 Å². The van der Waals surface area contributed by atoms with Crippen LogP contribution >= 0.6 is 0 Å². The second-order valence-corrected chi connectivity index (χ2v) is 4.36. The van der Waals surface area contributed by atoms with E-state index in [1.807, 2.05) is 20.8 Å². The lowest BCUT2D eigenvalue weighted by Gasteiger charge is -2.26. The standard InChI is InChI=1S/C9H19NO/c1-6-5-8(6)10-7(2)9(3,4)11/h6-8,10-11H,5H2,1-4H3. The molecule has 0 heterocycles. The Labute approximate surface area is 69.0 Å². The third-order valence-corrected chi connectivity index (χ3v) is 2.63. The van der Waals surface area contributed by atoms with Crippen LogP contribution in [0.2, 0.25) is 0 Å². The SMILES string of the molecule is CC1CC1NC(C)C(C)(C)O. The normalized spacial score (nSPS) is 33.5. The second-order valence-electron chi connectivity index (χ2n) is 4.36. The molecule has 2 N–H and O–H groups in total. The molecule has 3 unspecified atom stereocenters. The van der Waals surface area contributed by atoms with E-state index in [1.54, 1.807) is 0 Å². The predicted octanol–water partition coefficient (Wildman–Crippen LogP) is 1.14. The summed E-state index contributed by atoms with van der Waals surface area (Å²) in [4.78, 5) is 0. The highest BCUT2D eigenvalue weighted by Crippen LogP contribution is 2.30. The predicted molar refractivity (Wildman–Crippen MR) is 46.5 cm³/mol. The highest BCUT2D eigenvalue weighted by molar-refractivity contribution is 4.94. The van der Waals surface area contributed by atoms with Gasteiger partial charge in [0, 0.05) is 12.1 Å². The van der Waals surface area contributed by atoms with Crippen molar-refractivity contribution < 1.29 is 5.11 Å². The molecule has 0 bridgehead atoms. The van der Waals surface area contributed by atoms with Crippen LogP contribution in [0.5, 0.6) is 0 Å². The van der Waals surface area contributed by atoms with Gasteiger partial charge in [0.25, 0.3) is 0 Å². The molecule has 0 aromatic rings. The van der Waals surface area contributed by atoms with Gasteiger partial charge in [0.1, 0.15) is 0 Å². The maximum Gasteiger partial charge on any atom is 0.0741 e.